The number of likely N-dealkylation sites (tertiary alicyclic amines) is 1. The van der Waals surface area contributed by atoms with Crippen molar-refractivity contribution in [3.63, 3.8) is 0 Å². The third-order valence-corrected chi connectivity index (χ3v) is 5.90. The van der Waals surface area contributed by atoms with Crippen LogP contribution in [0.2, 0.25) is 0 Å². The predicted molar refractivity (Wildman–Crippen MR) is 102 cm³/mol. The molecule has 5 rings (SSSR count). The number of fused-ring (bicyclic) bond motifs is 1. The summed E-state index contributed by atoms with van der Waals surface area (Å²) in [5, 5.41) is 4.50. The Labute approximate surface area is 159 Å². The van der Waals surface area contributed by atoms with E-state index < -0.39 is 0 Å². The van der Waals surface area contributed by atoms with Crippen LogP contribution in [0.25, 0.3) is 0 Å². The molecule has 0 N–H and O–H groups in total. The maximum atomic E-state index is 12.1. The van der Waals surface area contributed by atoms with E-state index in [4.69, 9.17) is 4.74 Å². The highest BCUT2D eigenvalue weighted by molar-refractivity contribution is 5.93. The van der Waals surface area contributed by atoms with Crippen LogP contribution in [0.5, 0.6) is 5.75 Å². The molecule has 0 spiro atoms. The topological polar surface area (TPSA) is 53.8 Å². The third kappa shape index (κ3) is 3.06. The average molecular weight is 367 g/mol. The van der Waals surface area contributed by atoms with Gasteiger partial charge in [0, 0.05) is 52.4 Å². The second kappa shape index (κ2) is 6.56. The maximum absolute atomic E-state index is 12.1. The molecule has 0 bridgehead atoms. The van der Waals surface area contributed by atoms with E-state index in [1.54, 1.807) is 9.80 Å². The first kappa shape index (κ1) is 16.6. The standard InChI is InChI=1S/C20H25N5O2/c1-22-7-8-24(20(22)26)17-11-21-25(14-17)18-12-23(13-18)6-4-15-2-3-19-16(10-15)5-9-27-19/h2-3,10-11,14,18H,4-9,12-13H2,1H3. The lowest BCUT2D eigenvalue weighted by Gasteiger charge is -2.39. The SMILES string of the molecule is CN1CCN(c2cnn(C3CN(CCc4ccc5c(c4)CCO5)C3)c2)C1=O. The monoisotopic (exact) mass is 367 g/mol. The molecule has 0 unspecified atom stereocenters. The molecular formula is C20H25N5O2. The molecule has 0 atom stereocenters. The van der Waals surface area contributed by atoms with Gasteiger partial charge in [0.05, 0.1) is 24.5 Å². The number of hydrogen-bond acceptors (Lipinski definition) is 4. The number of rotatable bonds is 5. The van der Waals surface area contributed by atoms with Crippen molar-refractivity contribution in [2.75, 3.05) is 51.3 Å². The summed E-state index contributed by atoms with van der Waals surface area (Å²) in [7, 11) is 1.84. The summed E-state index contributed by atoms with van der Waals surface area (Å²) in [6, 6.07) is 7.06. The van der Waals surface area contributed by atoms with Crippen molar-refractivity contribution in [2.24, 2.45) is 0 Å². The van der Waals surface area contributed by atoms with Crippen molar-refractivity contribution in [1.82, 2.24) is 19.6 Å². The lowest BCUT2D eigenvalue weighted by Crippen LogP contribution is -2.48. The van der Waals surface area contributed by atoms with E-state index in [0.29, 0.717) is 6.04 Å². The number of amides is 2. The number of aromatic nitrogens is 2. The third-order valence-electron chi connectivity index (χ3n) is 5.90. The molecule has 1 aromatic heterocycles. The lowest BCUT2D eigenvalue weighted by atomic mass is 10.0. The first-order valence-corrected chi connectivity index (χ1v) is 9.71. The van der Waals surface area contributed by atoms with E-state index in [-0.39, 0.29) is 6.03 Å². The molecule has 0 aliphatic carbocycles. The smallest absolute Gasteiger partial charge is 0.324 e. The molecule has 3 aliphatic rings. The molecule has 2 aromatic rings. The Morgan fingerprint density at radius 2 is 2.15 bits per heavy atom. The zero-order chi connectivity index (χ0) is 18.4. The predicted octanol–water partition coefficient (Wildman–Crippen LogP) is 1.79. The first-order chi connectivity index (χ1) is 13.2. The summed E-state index contributed by atoms with van der Waals surface area (Å²) in [4.78, 5) is 18.1. The van der Waals surface area contributed by atoms with Gasteiger partial charge >= 0.3 is 6.03 Å². The Kier molecular flexibility index (Phi) is 4.04. The summed E-state index contributed by atoms with van der Waals surface area (Å²) >= 11 is 0. The van der Waals surface area contributed by atoms with Crippen LogP contribution >= 0.6 is 0 Å². The molecule has 7 nitrogen and oxygen atoms in total. The molecule has 142 valence electrons. The number of nitrogens with zero attached hydrogens (tertiary/aromatic N) is 5. The van der Waals surface area contributed by atoms with E-state index in [2.05, 4.69) is 28.2 Å². The zero-order valence-electron chi connectivity index (χ0n) is 15.7. The van der Waals surface area contributed by atoms with Crippen LogP contribution in [0.15, 0.2) is 30.6 Å². The Morgan fingerprint density at radius 3 is 2.96 bits per heavy atom. The molecule has 7 heteroatoms. The summed E-state index contributed by atoms with van der Waals surface area (Å²) in [6.45, 7) is 5.43. The van der Waals surface area contributed by atoms with Gasteiger partial charge in [0.25, 0.3) is 0 Å². The molecule has 0 saturated carbocycles. The second-order valence-electron chi connectivity index (χ2n) is 7.74. The highest BCUT2D eigenvalue weighted by Gasteiger charge is 2.31. The van der Waals surface area contributed by atoms with Crippen LogP contribution in [0, 0.1) is 0 Å². The fourth-order valence-electron chi connectivity index (χ4n) is 4.13. The van der Waals surface area contributed by atoms with Gasteiger partial charge < -0.3 is 9.64 Å². The Bertz CT molecular complexity index is 858. The molecule has 1 aromatic carbocycles. The van der Waals surface area contributed by atoms with E-state index >= 15 is 0 Å². The molecule has 2 saturated heterocycles. The minimum Gasteiger partial charge on any atom is -0.493 e. The number of benzene rings is 1. The normalized spacial score (nSPS) is 20.1. The van der Waals surface area contributed by atoms with Crippen LogP contribution in [0.3, 0.4) is 0 Å². The summed E-state index contributed by atoms with van der Waals surface area (Å²) in [5.74, 6) is 1.06. The fraction of sp³-hybridized carbons (Fsp3) is 0.500. The van der Waals surface area contributed by atoms with Crippen LogP contribution in [0.4, 0.5) is 10.5 Å². The minimum absolute atomic E-state index is 0.0598. The van der Waals surface area contributed by atoms with E-state index in [1.165, 1.54) is 11.1 Å². The van der Waals surface area contributed by atoms with Gasteiger partial charge in [-0.25, -0.2) is 4.79 Å². The van der Waals surface area contributed by atoms with Gasteiger partial charge in [0.15, 0.2) is 0 Å². The van der Waals surface area contributed by atoms with E-state index in [1.807, 2.05) is 24.1 Å². The number of urea groups is 1. The summed E-state index contributed by atoms with van der Waals surface area (Å²) in [6.07, 6.45) is 5.93. The lowest BCUT2D eigenvalue weighted by molar-refractivity contribution is 0.100. The van der Waals surface area contributed by atoms with Crippen LogP contribution in [-0.2, 0) is 12.8 Å². The Hall–Kier alpha value is -2.54. The molecule has 2 fully saturated rings. The van der Waals surface area contributed by atoms with Crippen LogP contribution in [-0.4, -0.2) is 72.0 Å². The van der Waals surface area contributed by atoms with Crippen molar-refractivity contribution in [2.45, 2.75) is 18.9 Å². The number of ether oxygens (including phenoxy) is 1. The van der Waals surface area contributed by atoms with Crippen molar-refractivity contribution in [3.8, 4) is 5.75 Å². The molecule has 3 aliphatic heterocycles. The second-order valence-corrected chi connectivity index (χ2v) is 7.74. The quantitative estimate of drug-likeness (QED) is 0.809. The van der Waals surface area contributed by atoms with Crippen molar-refractivity contribution < 1.29 is 9.53 Å². The number of anilines is 1. The van der Waals surface area contributed by atoms with Crippen molar-refractivity contribution in [1.29, 1.82) is 0 Å². The van der Waals surface area contributed by atoms with E-state index in [9.17, 15) is 4.79 Å². The fourth-order valence-corrected chi connectivity index (χ4v) is 4.13. The number of hydrogen-bond donors (Lipinski definition) is 0. The Balaban J connectivity index is 1.13. The Morgan fingerprint density at radius 1 is 1.26 bits per heavy atom. The molecule has 2 amide bonds. The highest BCUT2D eigenvalue weighted by Crippen LogP contribution is 2.27. The van der Waals surface area contributed by atoms with Gasteiger partial charge in [0.1, 0.15) is 5.75 Å². The summed E-state index contributed by atoms with van der Waals surface area (Å²) < 4.78 is 7.60. The average Bonchev–Trinajstić information content (AvgIpc) is 3.35. The van der Waals surface area contributed by atoms with Crippen molar-refractivity contribution >= 4 is 11.7 Å². The number of carbonyl (C=O) groups is 1. The first-order valence-electron chi connectivity index (χ1n) is 9.71. The van der Waals surface area contributed by atoms with Crippen molar-refractivity contribution in [3.05, 3.63) is 41.7 Å². The number of carbonyl (C=O) groups excluding carboxylic acids is 1. The van der Waals surface area contributed by atoms with Crippen LogP contribution in [0.1, 0.15) is 17.2 Å². The van der Waals surface area contributed by atoms with Crippen LogP contribution < -0.4 is 9.64 Å². The summed E-state index contributed by atoms with van der Waals surface area (Å²) in [5.41, 5.74) is 3.64. The molecular weight excluding hydrogens is 342 g/mol. The maximum Gasteiger partial charge on any atom is 0.324 e. The van der Waals surface area contributed by atoms with Gasteiger partial charge in [-0.2, -0.15) is 5.10 Å². The van der Waals surface area contributed by atoms with Gasteiger partial charge in [-0.05, 0) is 23.6 Å². The number of likely N-dealkylation sites (N-methyl/N-ethyl adjacent to an activating group) is 1. The van der Waals surface area contributed by atoms with Gasteiger partial charge in [-0.15, -0.1) is 0 Å². The highest BCUT2D eigenvalue weighted by atomic mass is 16.5. The van der Waals surface area contributed by atoms with E-state index in [0.717, 1.165) is 63.6 Å². The van der Waals surface area contributed by atoms with Gasteiger partial charge in [0.2, 0.25) is 0 Å². The minimum atomic E-state index is 0.0598. The van der Waals surface area contributed by atoms with Gasteiger partial charge in [-0.1, -0.05) is 12.1 Å². The largest absolute Gasteiger partial charge is 0.493 e. The van der Waals surface area contributed by atoms with Gasteiger partial charge in [-0.3, -0.25) is 14.5 Å². The molecule has 4 heterocycles. The molecule has 27 heavy (non-hydrogen) atoms. The zero-order valence-corrected chi connectivity index (χ0v) is 15.7. The molecule has 0 radical (unpaired) electrons.